The van der Waals surface area contributed by atoms with Gasteiger partial charge >= 0.3 is 0 Å². The third kappa shape index (κ3) is 1.31. The van der Waals surface area contributed by atoms with Gasteiger partial charge in [0.25, 0.3) is 0 Å². The first-order valence-electron chi connectivity index (χ1n) is 4.45. The summed E-state index contributed by atoms with van der Waals surface area (Å²) < 4.78 is 0. The normalized spacial score (nSPS) is 10.9. The molecule has 0 radical (unpaired) electrons. The Morgan fingerprint density at radius 1 is 1.46 bits per heavy atom. The van der Waals surface area contributed by atoms with E-state index in [9.17, 15) is 0 Å². The molecule has 2 rings (SSSR count). The smallest absolute Gasteiger partial charge is 0.0955 e. The van der Waals surface area contributed by atoms with Gasteiger partial charge in [-0.25, -0.2) is 0 Å². The molecule has 0 bridgehead atoms. The van der Waals surface area contributed by atoms with Crippen LogP contribution in [0.1, 0.15) is 11.3 Å². The van der Waals surface area contributed by atoms with E-state index >= 15 is 0 Å². The van der Waals surface area contributed by atoms with E-state index in [0.29, 0.717) is 6.54 Å². The Hall–Kier alpha value is -1.35. The van der Waals surface area contributed by atoms with Crippen LogP contribution in [-0.4, -0.2) is 16.7 Å². The quantitative estimate of drug-likeness (QED) is 0.724. The minimum absolute atomic E-state index is 0.672. The molecule has 0 spiro atoms. The predicted octanol–water partition coefficient (Wildman–Crippen LogP) is 1.37. The van der Waals surface area contributed by atoms with Crippen molar-refractivity contribution in [2.75, 3.05) is 6.54 Å². The summed E-state index contributed by atoms with van der Waals surface area (Å²) in [4.78, 5) is 0. The van der Waals surface area contributed by atoms with Crippen molar-refractivity contribution in [3.8, 4) is 0 Å². The highest BCUT2D eigenvalue weighted by Crippen LogP contribution is 2.18. The molecule has 1 aromatic heterocycles. The van der Waals surface area contributed by atoms with E-state index in [1.165, 1.54) is 10.9 Å². The lowest BCUT2D eigenvalue weighted by Crippen LogP contribution is -2.02. The summed E-state index contributed by atoms with van der Waals surface area (Å²) in [6.07, 6.45) is 0.891. The Kier molecular flexibility index (Phi) is 2.02. The Morgan fingerprint density at radius 3 is 3.08 bits per heavy atom. The molecule has 13 heavy (non-hydrogen) atoms. The Bertz CT molecular complexity index is 417. The van der Waals surface area contributed by atoms with Crippen molar-refractivity contribution in [3.63, 3.8) is 0 Å². The molecule has 3 nitrogen and oxygen atoms in total. The molecule has 3 heteroatoms. The van der Waals surface area contributed by atoms with Crippen LogP contribution >= 0.6 is 0 Å². The maximum Gasteiger partial charge on any atom is 0.0955 e. The average Bonchev–Trinajstić information content (AvgIpc) is 2.50. The number of nitrogens with two attached hydrogens (primary N) is 1. The molecular weight excluding hydrogens is 162 g/mol. The number of hydrogen-bond acceptors (Lipinski definition) is 2. The molecule has 0 aliphatic rings. The van der Waals surface area contributed by atoms with Crippen LogP contribution in [0.15, 0.2) is 18.2 Å². The summed E-state index contributed by atoms with van der Waals surface area (Å²) in [6.45, 7) is 2.70. The van der Waals surface area contributed by atoms with Crippen molar-refractivity contribution in [3.05, 3.63) is 29.5 Å². The number of nitrogens with zero attached hydrogens (tertiary/aromatic N) is 1. The number of aryl methyl sites for hydroxylation is 1. The summed E-state index contributed by atoms with van der Waals surface area (Å²) in [5.74, 6) is 0. The first-order chi connectivity index (χ1) is 6.33. The van der Waals surface area contributed by atoms with Gasteiger partial charge in [0.15, 0.2) is 0 Å². The fourth-order valence-corrected chi connectivity index (χ4v) is 1.58. The van der Waals surface area contributed by atoms with E-state index in [1.807, 2.05) is 6.92 Å². The van der Waals surface area contributed by atoms with Crippen LogP contribution in [0, 0.1) is 6.92 Å². The van der Waals surface area contributed by atoms with Gasteiger partial charge in [-0.05, 0) is 25.5 Å². The second-order valence-electron chi connectivity index (χ2n) is 3.20. The van der Waals surface area contributed by atoms with Gasteiger partial charge in [0, 0.05) is 11.1 Å². The lowest BCUT2D eigenvalue weighted by Gasteiger charge is -1.98. The van der Waals surface area contributed by atoms with Crippen LogP contribution < -0.4 is 5.73 Å². The van der Waals surface area contributed by atoms with Crippen molar-refractivity contribution in [2.45, 2.75) is 13.3 Å². The maximum absolute atomic E-state index is 5.52. The molecule has 0 fully saturated rings. The molecule has 0 aliphatic carbocycles. The summed E-state index contributed by atoms with van der Waals surface area (Å²) in [5, 5.41) is 8.44. The third-order valence-corrected chi connectivity index (χ3v) is 2.27. The van der Waals surface area contributed by atoms with Gasteiger partial charge in [0.05, 0.1) is 5.52 Å². The second-order valence-corrected chi connectivity index (χ2v) is 3.20. The van der Waals surface area contributed by atoms with E-state index in [0.717, 1.165) is 17.6 Å². The fraction of sp³-hybridized carbons (Fsp3) is 0.300. The number of benzene rings is 1. The zero-order chi connectivity index (χ0) is 9.26. The standard InChI is InChI=1S/C10H13N3/c1-7-9-4-2-3-8(5-6-11)10(9)13-12-7/h2-4H,5-6,11H2,1H3,(H,12,13). The Morgan fingerprint density at radius 2 is 2.31 bits per heavy atom. The monoisotopic (exact) mass is 175 g/mol. The molecule has 1 aromatic carbocycles. The van der Waals surface area contributed by atoms with Crippen LogP contribution in [0.5, 0.6) is 0 Å². The van der Waals surface area contributed by atoms with Gasteiger partial charge in [-0.2, -0.15) is 5.10 Å². The zero-order valence-corrected chi connectivity index (χ0v) is 7.67. The number of para-hydroxylation sites is 1. The highest BCUT2D eigenvalue weighted by atomic mass is 15.1. The number of rotatable bonds is 2. The molecule has 0 atom stereocenters. The summed E-state index contributed by atoms with van der Waals surface area (Å²) >= 11 is 0. The molecule has 2 aromatic rings. The minimum atomic E-state index is 0.672. The summed E-state index contributed by atoms with van der Waals surface area (Å²) in [5.41, 5.74) is 8.93. The summed E-state index contributed by atoms with van der Waals surface area (Å²) in [7, 11) is 0. The molecule has 0 saturated carbocycles. The first-order valence-corrected chi connectivity index (χ1v) is 4.45. The van der Waals surface area contributed by atoms with Crippen LogP contribution in [-0.2, 0) is 6.42 Å². The minimum Gasteiger partial charge on any atom is -0.330 e. The largest absolute Gasteiger partial charge is 0.330 e. The van der Waals surface area contributed by atoms with E-state index in [1.54, 1.807) is 0 Å². The molecule has 3 N–H and O–H groups in total. The topological polar surface area (TPSA) is 54.7 Å². The van der Waals surface area contributed by atoms with Crippen LogP contribution in [0.2, 0.25) is 0 Å². The maximum atomic E-state index is 5.52. The molecule has 1 heterocycles. The molecule has 0 amide bonds. The van der Waals surface area contributed by atoms with Gasteiger partial charge < -0.3 is 5.73 Å². The fourth-order valence-electron chi connectivity index (χ4n) is 1.58. The third-order valence-electron chi connectivity index (χ3n) is 2.27. The van der Waals surface area contributed by atoms with Crippen molar-refractivity contribution in [2.24, 2.45) is 5.73 Å². The molecule has 0 saturated heterocycles. The second kappa shape index (κ2) is 3.18. The van der Waals surface area contributed by atoms with E-state index in [2.05, 4.69) is 28.4 Å². The van der Waals surface area contributed by atoms with Gasteiger partial charge in [-0.3, -0.25) is 5.10 Å². The molecular formula is C10H13N3. The van der Waals surface area contributed by atoms with E-state index in [-0.39, 0.29) is 0 Å². The number of fused-ring (bicyclic) bond motifs is 1. The Balaban J connectivity index is 2.63. The Labute approximate surface area is 76.9 Å². The van der Waals surface area contributed by atoms with Gasteiger partial charge in [-0.1, -0.05) is 18.2 Å². The summed E-state index contributed by atoms with van der Waals surface area (Å²) in [6, 6.07) is 6.21. The highest BCUT2D eigenvalue weighted by molar-refractivity contribution is 5.84. The van der Waals surface area contributed by atoms with Crippen molar-refractivity contribution < 1.29 is 0 Å². The van der Waals surface area contributed by atoms with Crippen molar-refractivity contribution >= 4 is 10.9 Å². The SMILES string of the molecule is Cc1[nH]nc2c(CCN)cccc12. The van der Waals surface area contributed by atoms with Crippen LogP contribution in [0.25, 0.3) is 10.9 Å². The number of H-pyrrole nitrogens is 1. The zero-order valence-electron chi connectivity index (χ0n) is 7.67. The van der Waals surface area contributed by atoms with Gasteiger partial charge in [0.2, 0.25) is 0 Å². The highest BCUT2D eigenvalue weighted by Gasteiger charge is 2.04. The molecule has 0 aliphatic heterocycles. The van der Waals surface area contributed by atoms with Crippen LogP contribution in [0.4, 0.5) is 0 Å². The van der Waals surface area contributed by atoms with Crippen LogP contribution in [0.3, 0.4) is 0 Å². The van der Waals surface area contributed by atoms with Crippen molar-refractivity contribution in [1.29, 1.82) is 0 Å². The number of aromatic nitrogens is 2. The molecule has 68 valence electrons. The lowest BCUT2D eigenvalue weighted by atomic mass is 10.1. The lowest BCUT2D eigenvalue weighted by molar-refractivity contribution is 0.968. The number of nitrogens with one attached hydrogen (secondary N) is 1. The van der Waals surface area contributed by atoms with E-state index < -0.39 is 0 Å². The average molecular weight is 175 g/mol. The number of hydrogen-bond donors (Lipinski definition) is 2. The molecule has 0 unspecified atom stereocenters. The first kappa shape index (κ1) is 8.26. The number of aromatic amines is 1. The predicted molar refractivity (Wildman–Crippen MR) is 53.6 cm³/mol. The van der Waals surface area contributed by atoms with Gasteiger partial charge in [-0.15, -0.1) is 0 Å². The van der Waals surface area contributed by atoms with Gasteiger partial charge in [0.1, 0.15) is 0 Å². The van der Waals surface area contributed by atoms with E-state index in [4.69, 9.17) is 5.73 Å². The van der Waals surface area contributed by atoms with Crippen molar-refractivity contribution in [1.82, 2.24) is 10.2 Å².